The number of pyridine rings is 1. The number of carboxylic acids is 1. The molecule has 1 aliphatic heterocycles. The van der Waals surface area contributed by atoms with Crippen molar-refractivity contribution in [2.45, 2.75) is 31.9 Å². The van der Waals surface area contributed by atoms with Crippen molar-refractivity contribution in [3.63, 3.8) is 0 Å². The smallest absolute Gasteiger partial charge is 0.335 e. The lowest BCUT2D eigenvalue weighted by Gasteiger charge is -2.31. The minimum Gasteiger partial charge on any atom is -0.478 e. The van der Waals surface area contributed by atoms with Crippen LogP contribution in [0, 0.1) is 5.82 Å². The molecule has 0 spiro atoms. The topological polar surface area (TPSA) is 80.5 Å². The van der Waals surface area contributed by atoms with Crippen molar-refractivity contribution in [3.05, 3.63) is 88.1 Å². The van der Waals surface area contributed by atoms with Gasteiger partial charge in [-0.3, -0.25) is 4.90 Å². The summed E-state index contributed by atoms with van der Waals surface area (Å²) < 4.78 is 21.8. The molecule has 3 heterocycles. The molecule has 1 fully saturated rings. The maximum absolute atomic E-state index is 14.0. The van der Waals surface area contributed by atoms with Crippen LogP contribution in [0.1, 0.15) is 46.2 Å². The van der Waals surface area contributed by atoms with E-state index in [0.29, 0.717) is 28.9 Å². The molecular weight excluding hydrogens is 483 g/mol. The summed E-state index contributed by atoms with van der Waals surface area (Å²) in [6, 6.07) is 15.3. The summed E-state index contributed by atoms with van der Waals surface area (Å²) in [6.07, 6.45) is 1.91. The second-order valence-corrected chi connectivity index (χ2v) is 9.51. The van der Waals surface area contributed by atoms with Crippen LogP contribution in [-0.2, 0) is 20.2 Å². The summed E-state index contributed by atoms with van der Waals surface area (Å²) in [5.41, 5.74) is 3.29. The van der Waals surface area contributed by atoms with Gasteiger partial charge in [0.1, 0.15) is 18.2 Å². The number of rotatable bonds is 7. The zero-order chi connectivity index (χ0) is 25.2. The van der Waals surface area contributed by atoms with Gasteiger partial charge in [0.2, 0.25) is 5.88 Å². The predicted octanol–water partition coefficient (Wildman–Crippen LogP) is 5.42. The fraction of sp³-hybridized carbons (Fsp3) is 0.296. The molecule has 186 valence electrons. The van der Waals surface area contributed by atoms with E-state index in [0.717, 1.165) is 48.5 Å². The van der Waals surface area contributed by atoms with Gasteiger partial charge >= 0.3 is 5.97 Å². The molecule has 36 heavy (non-hydrogen) atoms. The monoisotopic (exact) mass is 508 g/mol. The number of aryl methyl sites for hydroxylation is 1. The maximum Gasteiger partial charge on any atom is 0.335 e. The first-order valence-corrected chi connectivity index (χ1v) is 12.2. The molecule has 7 nitrogen and oxygen atoms in total. The number of ether oxygens (including phenoxy) is 1. The number of hydrogen-bond donors (Lipinski definition) is 1. The number of imidazole rings is 1. The van der Waals surface area contributed by atoms with E-state index in [2.05, 4.69) is 9.88 Å². The van der Waals surface area contributed by atoms with Crippen molar-refractivity contribution in [2.75, 3.05) is 13.1 Å². The Labute approximate surface area is 213 Å². The van der Waals surface area contributed by atoms with Crippen molar-refractivity contribution in [2.24, 2.45) is 7.05 Å². The summed E-state index contributed by atoms with van der Waals surface area (Å²) in [6.45, 7) is 2.58. The van der Waals surface area contributed by atoms with Crippen LogP contribution in [0.3, 0.4) is 0 Å². The Bertz CT molecular complexity index is 1420. The largest absolute Gasteiger partial charge is 0.478 e. The fourth-order valence-corrected chi connectivity index (χ4v) is 4.79. The number of fused-ring (bicyclic) bond motifs is 1. The van der Waals surface area contributed by atoms with E-state index in [4.69, 9.17) is 21.3 Å². The highest BCUT2D eigenvalue weighted by molar-refractivity contribution is 6.30. The zero-order valence-corrected chi connectivity index (χ0v) is 20.6. The molecule has 0 radical (unpaired) electrons. The SMILES string of the molecule is Cn1c(CN2CCC(c3cccc(OCc4ccc(Cl)cc4F)n3)CC2)nc2ccc(C(=O)O)cc21. The second-order valence-electron chi connectivity index (χ2n) is 9.07. The Morgan fingerprint density at radius 1 is 1.14 bits per heavy atom. The number of carbonyl (C=O) groups is 1. The van der Waals surface area contributed by atoms with Gasteiger partial charge in [-0.1, -0.05) is 23.7 Å². The van der Waals surface area contributed by atoms with Crippen LogP contribution in [-0.4, -0.2) is 43.6 Å². The Balaban J connectivity index is 1.20. The van der Waals surface area contributed by atoms with Crippen molar-refractivity contribution in [3.8, 4) is 5.88 Å². The Kier molecular flexibility index (Phi) is 6.89. The van der Waals surface area contributed by atoms with E-state index < -0.39 is 11.8 Å². The summed E-state index contributed by atoms with van der Waals surface area (Å²) in [7, 11) is 1.92. The van der Waals surface area contributed by atoms with Gasteiger partial charge in [-0.25, -0.2) is 19.2 Å². The molecular formula is C27H26ClFN4O3. The van der Waals surface area contributed by atoms with E-state index >= 15 is 0 Å². The second kappa shape index (κ2) is 10.2. The summed E-state index contributed by atoms with van der Waals surface area (Å²) >= 11 is 5.82. The number of hydrogen-bond acceptors (Lipinski definition) is 5. The number of likely N-dealkylation sites (tertiary alicyclic amines) is 1. The molecule has 2 aromatic carbocycles. The third-order valence-electron chi connectivity index (χ3n) is 6.73. The number of aromatic nitrogens is 3. The van der Waals surface area contributed by atoms with Gasteiger partial charge in [0.25, 0.3) is 0 Å². The molecule has 1 aliphatic rings. The number of carboxylic acid groups (broad SMARTS) is 1. The van der Waals surface area contributed by atoms with Gasteiger partial charge in [0.15, 0.2) is 0 Å². The molecule has 2 aromatic heterocycles. The van der Waals surface area contributed by atoms with Crippen LogP contribution in [0.2, 0.25) is 5.02 Å². The third-order valence-corrected chi connectivity index (χ3v) is 6.96. The quantitative estimate of drug-likeness (QED) is 0.359. The number of halogens is 2. The van der Waals surface area contributed by atoms with Gasteiger partial charge in [0, 0.05) is 35.3 Å². The minimum atomic E-state index is -0.943. The first-order valence-electron chi connectivity index (χ1n) is 11.8. The molecule has 0 unspecified atom stereocenters. The average Bonchev–Trinajstić information content (AvgIpc) is 3.18. The lowest BCUT2D eigenvalue weighted by molar-refractivity contribution is 0.0697. The maximum atomic E-state index is 14.0. The van der Waals surface area contributed by atoms with E-state index in [-0.39, 0.29) is 12.2 Å². The number of piperidine rings is 1. The first kappa shape index (κ1) is 24.2. The van der Waals surface area contributed by atoms with Crippen LogP contribution in [0.15, 0.2) is 54.6 Å². The number of nitrogens with zero attached hydrogens (tertiary/aromatic N) is 4. The van der Waals surface area contributed by atoms with E-state index in [1.807, 2.05) is 23.7 Å². The van der Waals surface area contributed by atoms with Gasteiger partial charge < -0.3 is 14.4 Å². The molecule has 1 saturated heterocycles. The highest BCUT2D eigenvalue weighted by atomic mass is 35.5. The van der Waals surface area contributed by atoms with Crippen LogP contribution in [0.25, 0.3) is 11.0 Å². The van der Waals surface area contributed by atoms with E-state index in [1.54, 1.807) is 36.4 Å². The first-order chi connectivity index (χ1) is 17.4. The molecule has 0 aliphatic carbocycles. The van der Waals surface area contributed by atoms with Crippen LogP contribution in [0.4, 0.5) is 4.39 Å². The summed E-state index contributed by atoms with van der Waals surface area (Å²) in [5.74, 6) is 0.366. The molecule has 4 aromatic rings. The molecule has 0 saturated carbocycles. The summed E-state index contributed by atoms with van der Waals surface area (Å²) in [5, 5.41) is 9.62. The van der Waals surface area contributed by atoms with Crippen molar-refractivity contribution in [1.82, 2.24) is 19.4 Å². The van der Waals surface area contributed by atoms with E-state index in [1.165, 1.54) is 6.07 Å². The van der Waals surface area contributed by atoms with Crippen molar-refractivity contribution < 1.29 is 19.0 Å². The van der Waals surface area contributed by atoms with Crippen LogP contribution >= 0.6 is 11.6 Å². The summed E-state index contributed by atoms with van der Waals surface area (Å²) in [4.78, 5) is 23.1. The van der Waals surface area contributed by atoms with Gasteiger partial charge in [-0.2, -0.15) is 0 Å². The van der Waals surface area contributed by atoms with Crippen molar-refractivity contribution in [1.29, 1.82) is 0 Å². The molecule has 0 bridgehead atoms. The molecule has 9 heteroatoms. The fourth-order valence-electron chi connectivity index (χ4n) is 4.63. The molecule has 1 N–H and O–H groups in total. The van der Waals surface area contributed by atoms with Gasteiger partial charge in [-0.15, -0.1) is 0 Å². The zero-order valence-electron chi connectivity index (χ0n) is 19.8. The molecule has 5 rings (SSSR count). The Morgan fingerprint density at radius 3 is 2.69 bits per heavy atom. The lowest BCUT2D eigenvalue weighted by atomic mass is 9.93. The molecule has 0 amide bonds. The standard InChI is InChI=1S/C27H26ClFN4O3/c1-32-24-13-18(27(34)35)6-8-23(24)30-25(32)15-33-11-9-17(10-12-33)22-3-2-4-26(31-22)36-16-19-5-7-20(28)14-21(19)29/h2-8,13-14,17H,9-12,15-16H2,1H3,(H,34,35). The molecule has 0 atom stereocenters. The number of benzene rings is 2. The lowest BCUT2D eigenvalue weighted by Crippen LogP contribution is -2.33. The third kappa shape index (κ3) is 5.20. The minimum absolute atomic E-state index is 0.0872. The normalized spacial score (nSPS) is 14.9. The van der Waals surface area contributed by atoms with Crippen LogP contribution in [0.5, 0.6) is 5.88 Å². The predicted molar refractivity (Wildman–Crippen MR) is 135 cm³/mol. The van der Waals surface area contributed by atoms with E-state index in [9.17, 15) is 14.3 Å². The average molecular weight is 509 g/mol. The van der Waals surface area contributed by atoms with Gasteiger partial charge in [-0.05, 0) is 62.3 Å². The highest BCUT2D eigenvalue weighted by Crippen LogP contribution is 2.29. The Hall–Kier alpha value is -3.49. The van der Waals surface area contributed by atoms with Crippen LogP contribution < -0.4 is 4.74 Å². The van der Waals surface area contributed by atoms with Crippen molar-refractivity contribution >= 4 is 28.6 Å². The highest BCUT2D eigenvalue weighted by Gasteiger charge is 2.23. The van der Waals surface area contributed by atoms with Gasteiger partial charge in [0.05, 0.1) is 23.1 Å². The Morgan fingerprint density at radius 2 is 1.94 bits per heavy atom. The number of aromatic carboxylic acids is 1.